The Kier molecular flexibility index (Phi) is 5.44. The van der Waals surface area contributed by atoms with E-state index in [1.165, 1.54) is 6.20 Å². The van der Waals surface area contributed by atoms with Gasteiger partial charge in [0.05, 0.1) is 23.7 Å². The second kappa shape index (κ2) is 7.68. The zero-order valence-electron chi connectivity index (χ0n) is 16.0. The van der Waals surface area contributed by atoms with E-state index in [1.54, 1.807) is 12.3 Å². The third kappa shape index (κ3) is 4.30. The van der Waals surface area contributed by atoms with Crippen LogP contribution in [-0.4, -0.2) is 32.1 Å². The molecule has 3 aromatic heterocycles. The number of aromatic nitrogens is 3. The van der Waals surface area contributed by atoms with Gasteiger partial charge in [0, 0.05) is 29.4 Å². The van der Waals surface area contributed by atoms with Gasteiger partial charge in [-0.05, 0) is 17.5 Å². The highest BCUT2D eigenvalue weighted by Gasteiger charge is 2.29. The van der Waals surface area contributed by atoms with Crippen molar-refractivity contribution in [3.05, 3.63) is 46.8 Å². The molecule has 0 amide bonds. The number of carboxylic acid groups (broad SMARTS) is 1. The first kappa shape index (κ1) is 20.6. The van der Waals surface area contributed by atoms with Crippen LogP contribution in [0.2, 0.25) is 5.02 Å². The third-order valence-electron chi connectivity index (χ3n) is 4.56. The number of anilines is 1. The molecule has 3 rings (SSSR count). The van der Waals surface area contributed by atoms with Crippen molar-refractivity contribution in [3.8, 4) is 11.3 Å². The maximum atomic E-state index is 14.7. The molecular weight excluding hydrogens is 397 g/mol. The average Bonchev–Trinajstić information content (AvgIpc) is 3.04. The largest absolute Gasteiger partial charge is 0.481 e. The second-order valence-electron chi connectivity index (χ2n) is 7.71. The first-order chi connectivity index (χ1) is 13.6. The summed E-state index contributed by atoms with van der Waals surface area (Å²) in [5.41, 5.74) is 0.916. The summed E-state index contributed by atoms with van der Waals surface area (Å²) in [6.45, 7) is 13.0. The van der Waals surface area contributed by atoms with Crippen LogP contribution in [0.4, 0.5) is 15.9 Å². The van der Waals surface area contributed by atoms with E-state index in [0.717, 1.165) is 6.07 Å². The van der Waals surface area contributed by atoms with Gasteiger partial charge >= 0.3 is 5.97 Å². The van der Waals surface area contributed by atoms with Gasteiger partial charge in [-0.2, -0.15) is 0 Å². The number of aromatic amines is 1. The fraction of sp³-hybridized carbons (Fsp3) is 0.300. The number of nitrogens with zero attached hydrogens (tertiary/aromatic N) is 3. The van der Waals surface area contributed by atoms with Crippen LogP contribution in [0, 0.1) is 17.8 Å². The molecule has 0 fully saturated rings. The van der Waals surface area contributed by atoms with Crippen molar-refractivity contribution in [3.63, 3.8) is 0 Å². The highest BCUT2D eigenvalue weighted by molar-refractivity contribution is 6.31. The molecule has 3 N–H and O–H groups in total. The molecule has 0 aliphatic heterocycles. The Hall–Kier alpha value is -3.18. The molecule has 0 saturated carbocycles. The number of H-pyrrole nitrogens is 1. The van der Waals surface area contributed by atoms with E-state index in [2.05, 4.69) is 25.1 Å². The van der Waals surface area contributed by atoms with Crippen LogP contribution in [0.5, 0.6) is 0 Å². The Bertz CT molecular complexity index is 1130. The SMILES string of the molecule is [C-]#[N+]c1cc(F)c(NC(CC(=O)O)C(C)(C)C)nc1-c1c[nH]c2ncc(Cl)cc12. The van der Waals surface area contributed by atoms with E-state index in [1.807, 2.05) is 20.8 Å². The van der Waals surface area contributed by atoms with Crippen molar-refractivity contribution in [1.82, 2.24) is 15.0 Å². The van der Waals surface area contributed by atoms with Crippen molar-refractivity contribution >= 4 is 40.1 Å². The van der Waals surface area contributed by atoms with Gasteiger partial charge in [-0.15, -0.1) is 0 Å². The topological polar surface area (TPSA) is 95.3 Å². The van der Waals surface area contributed by atoms with Crippen LogP contribution in [0.15, 0.2) is 24.5 Å². The molecule has 0 spiro atoms. The minimum Gasteiger partial charge on any atom is -0.481 e. The minimum atomic E-state index is -1.01. The summed E-state index contributed by atoms with van der Waals surface area (Å²) in [4.78, 5) is 26.2. The van der Waals surface area contributed by atoms with E-state index in [4.69, 9.17) is 18.2 Å². The number of rotatable bonds is 5. The van der Waals surface area contributed by atoms with Gasteiger partial charge < -0.3 is 15.4 Å². The van der Waals surface area contributed by atoms with E-state index < -0.39 is 23.2 Å². The van der Waals surface area contributed by atoms with Crippen LogP contribution in [0.3, 0.4) is 0 Å². The van der Waals surface area contributed by atoms with Crippen LogP contribution in [0.1, 0.15) is 27.2 Å². The zero-order valence-corrected chi connectivity index (χ0v) is 16.8. The van der Waals surface area contributed by atoms with Crippen LogP contribution >= 0.6 is 11.6 Å². The number of aliphatic carboxylic acids is 1. The Balaban J connectivity index is 2.13. The summed E-state index contributed by atoms with van der Waals surface area (Å²) in [6.07, 6.45) is 2.91. The lowest BCUT2D eigenvalue weighted by Gasteiger charge is -2.31. The average molecular weight is 416 g/mol. The summed E-state index contributed by atoms with van der Waals surface area (Å²) in [5.74, 6) is -1.85. The number of fused-ring (bicyclic) bond motifs is 1. The lowest BCUT2D eigenvalue weighted by molar-refractivity contribution is -0.137. The first-order valence-corrected chi connectivity index (χ1v) is 9.17. The molecule has 0 saturated heterocycles. The van der Waals surface area contributed by atoms with Crippen molar-refractivity contribution in [2.45, 2.75) is 33.2 Å². The Morgan fingerprint density at radius 1 is 1.45 bits per heavy atom. The molecule has 7 nitrogen and oxygen atoms in total. The number of hydrogen-bond acceptors (Lipinski definition) is 4. The van der Waals surface area contributed by atoms with Gasteiger partial charge in [-0.1, -0.05) is 32.4 Å². The monoisotopic (exact) mass is 415 g/mol. The Morgan fingerprint density at radius 3 is 2.79 bits per heavy atom. The number of halogens is 2. The Morgan fingerprint density at radius 2 is 2.17 bits per heavy atom. The highest BCUT2D eigenvalue weighted by Crippen LogP contribution is 2.37. The number of carboxylic acids is 1. The fourth-order valence-corrected chi connectivity index (χ4v) is 3.11. The molecule has 0 aromatic carbocycles. The van der Waals surface area contributed by atoms with Crippen molar-refractivity contribution < 1.29 is 14.3 Å². The van der Waals surface area contributed by atoms with Gasteiger partial charge in [-0.25, -0.2) is 19.2 Å². The summed E-state index contributed by atoms with van der Waals surface area (Å²) in [7, 11) is 0. The van der Waals surface area contributed by atoms with Crippen LogP contribution in [0.25, 0.3) is 27.1 Å². The van der Waals surface area contributed by atoms with E-state index >= 15 is 0 Å². The van der Waals surface area contributed by atoms with Crippen molar-refractivity contribution in [1.29, 1.82) is 0 Å². The van der Waals surface area contributed by atoms with E-state index in [9.17, 15) is 14.3 Å². The van der Waals surface area contributed by atoms with Gasteiger partial charge in [0.15, 0.2) is 11.6 Å². The third-order valence-corrected chi connectivity index (χ3v) is 4.77. The number of carbonyl (C=O) groups is 1. The summed E-state index contributed by atoms with van der Waals surface area (Å²) < 4.78 is 14.7. The lowest BCUT2D eigenvalue weighted by atomic mass is 9.84. The smallest absolute Gasteiger partial charge is 0.305 e. The molecule has 0 aliphatic rings. The number of pyridine rings is 2. The predicted molar refractivity (Wildman–Crippen MR) is 110 cm³/mol. The second-order valence-corrected chi connectivity index (χ2v) is 8.15. The quantitative estimate of drug-likeness (QED) is 0.493. The molecule has 150 valence electrons. The van der Waals surface area contributed by atoms with Gasteiger partial charge in [0.1, 0.15) is 5.65 Å². The van der Waals surface area contributed by atoms with Gasteiger partial charge in [0.2, 0.25) is 5.69 Å². The normalized spacial score (nSPS) is 12.6. The maximum Gasteiger partial charge on any atom is 0.305 e. The lowest BCUT2D eigenvalue weighted by Crippen LogP contribution is -2.36. The molecule has 9 heteroatoms. The molecule has 29 heavy (non-hydrogen) atoms. The Labute approximate surface area is 171 Å². The molecule has 0 bridgehead atoms. The highest BCUT2D eigenvalue weighted by atomic mass is 35.5. The molecular formula is C20H19ClFN5O2. The van der Waals surface area contributed by atoms with Gasteiger partial charge in [-0.3, -0.25) is 4.79 Å². The summed E-state index contributed by atoms with van der Waals surface area (Å²) >= 11 is 6.05. The minimum absolute atomic E-state index is 0.0273. The molecule has 3 aromatic rings. The molecule has 3 heterocycles. The zero-order chi connectivity index (χ0) is 21.3. The predicted octanol–water partition coefficient (Wildman–Crippen LogP) is 5.27. The van der Waals surface area contributed by atoms with Crippen LogP contribution < -0.4 is 5.32 Å². The first-order valence-electron chi connectivity index (χ1n) is 8.79. The molecule has 0 radical (unpaired) electrons. The summed E-state index contributed by atoms with van der Waals surface area (Å²) in [5, 5.41) is 13.2. The van der Waals surface area contributed by atoms with Crippen LogP contribution in [-0.2, 0) is 4.79 Å². The van der Waals surface area contributed by atoms with Crippen molar-refractivity contribution in [2.24, 2.45) is 5.41 Å². The maximum absolute atomic E-state index is 14.7. The van der Waals surface area contributed by atoms with Crippen molar-refractivity contribution in [2.75, 3.05) is 5.32 Å². The summed E-state index contributed by atoms with van der Waals surface area (Å²) in [6, 6.07) is 2.20. The van der Waals surface area contributed by atoms with E-state index in [0.29, 0.717) is 21.6 Å². The number of nitrogens with one attached hydrogen (secondary N) is 2. The number of hydrogen-bond donors (Lipinski definition) is 3. The molecule has 1 atom stereocenters. The van der Waals surface area contributed by atoms with E-state index in [-0.39, 0.29) is 23.6 Å². The molecule has 1 unspecified atom stereocenters. The van der Waals surface area contributed by atoms with Gasteiger partial charge in [0.25, 0.3) is 0 Å². The molecule has 0 aliphatic carbocycles. The fourth-order valence-electron chi connectivity index (χ4n) is 2.95. The standard InChI is InChI=1S/C20H19ClFN5O2/c1-20(2,3)15(7-16(28)29)26-19-13(22)6-14(23-4)17(27-19)12-9-25-18-11(12)5-10(21)8-24-18/h5-6,8-9,15H,7H2,1-3H3,(H,24,25)(H,26,27)(H,28,29).